The van der Waals surface area contributed by atoms with Crippen molar-refractivity contribution in [1.29, 1.82) is 0 Å². The van der Waals surface area contributed by atoms with E-state index in [1.807, 2.05) is 24.3 Å². The highest BCUT2D eigenvalue weighted by Gasteiger charge is 2.28. The second kappa shape index (κ2) is 24.3. The summed E-state index contributed by atoms with van der Waals surface area (Å²) >= 11 is 0. The lowest BCUT2D eigenvalue weighted by atomic mass is 9.83. The summed E-state index contributed by atoms with van der Waals surface area (Å²) in [6.45, 7) is 40.7. The van der Waals surface area contributed by atoms with E-state index in [9.17, 15) is 25.6 Å². The fourth-order valence-corrected chi connectivity index (χ4v) is 15.1. The zero-order valence-electron chi connectivity index (χ0n) is 58.4. The van der Waals surface area contributed by atoms with Crippen LogP contribution in [-0.4, -0.2) is 26.0 Å². The minimum absolute atomic E-state index is 0.00816. The molecule has 12 aromatic rings. The fourth-order valence-electron chi connectivity index (χ4n) is 12.6. The van der Waals surface area contributed by atoms with E-state index >= 15 is 0 Å². The number of benzene rings is 10. The van der Waals surface area contributed by atoms with E-state index in [-0.39, 0.29) is 52.1 Å². The quantitative estimate of drug-likeness (QED) is 0.155. The van der Waals surface area contributed by atoms with Gasteiger partial charge in [0, 0.05) is 32.9 Å². The van der Waals surface area contributed by atoms with Crippen LogP contribution in [0.15, 0.2) is 226 Å². The van der Waals surface area contributed by atoms with Gasteiger partial charge in [0.05, 0.1) is 41.6 Å². The van der Waals surface area contributed by atoms with Crippen LogP contribution < -0.4 is 0 Å². The number of rotatable bonds is 6. The molecule has 0 radical (unpaired) electrons. The molecule has 0 atom stereocenters. The van der Waals surface area contributed by atoms with Crippen LogP contribution in [0, 0.1) is 11.6 Å². The number of nitrogens with zero attached hydrogens (tertiary/aromatic N) is 2. The summed E-state index contributed by atoms with van der Waals surface area (Å²) < 4.78 is 82.3. The van der Waals surface area contributed by atoms with Crippen molar-refractivity contribution in [3.05, 3.63) is 262 Å². The van der Waals surface area contributed by atoms with Crippen LogP contribution in [0.2, 0.25) is 0 Å². The SMILES string of the molecule is CC(C)(C)c1ccc2c(c1)-c1cc(C(C)(C)C)ccc1C2.CC(C)(C)c1ccc2c(c1)c1cc(C(C)(C)C)ccc1n2-c1ccc(S(=O)(=O)c2ccc(-n3c4ccc(C(C)(C)C)cc4c4cc(C(C)(C)C)ccc43)cc2)cc1.O=S(=O)(c1ccc(F)cc1)c1ccc(F)cc1. The smallest absolute Gasteiger partial charge is 0.206 e. The molecule has 0 unspecified atom stereocenters. The molecule has 0 N–H and O–H groups in total. The Morgan fingerprint density at radius 2 is 0.484 bits per heavy atom. The van der Waals surface area contributed by atoms with Gasteiger partial charge in [0.25, 0.3) is 0 Å². The Labute approximate surface area is 562 Å². The van der Waals surface area contributed by atoms with Crippen LogP contribution in [0.25, 0.3) is 66.1 Å². The first-order valence-electron chi connectivity index (χ1n) is 32.9. The van der Waals surface area contributed by atoms with Crippen molar-refractivity contribution >= 4 is 63.3 Å². The maximum atomic E-state index is 14.2. The van der Waals surface area contributed by atoms with Crippen molar-refractivity contribution in [2.24, 2.45) is 0 Å². The Morgan fingerprint density at radius 1 is 0.274 bits per heavy atom. The Bertz CT molecular complexity index is 4690. The molecule has 0 amide bonds. The van der Waals surface area contributed by atoms with Gasteiger partial charge in [-0.2, -0.15) is 0 Å². The van der Waals surface area contributed by atoms with Gasteiger partial charge in [0.15, 0.2) is 0 Å². The summed E-state index contributed by atoms with van der Waals surface area (Å²) in [5.41, 5.74) is 20.5. The van der Waals surface area contributed by atoms with Crippen molar-refractivity contribution in [3.63, 3.8) is 0 Å². The zero-order chi connectivity index (χ0) is 68.9. The summed E-state index contributed by atoms with van der Waals surface area (Å²) in [5, 5.41) is 4.81. The van der Waals surface area contributed by atoms with Gasteiger partial charge in [-0.1, -0.05) is 185 Å². The lowest BCUT2D eigenvalue weighted by Crippen LogP contribution is -2.11. The largest absolute Gasteiger partial charge is 0.309 e. The second-order valence-corrected chi connectivity index (χ2v) is 35.8. The van der Waals surface area contributed by atoms with Crippen LogP contribution >= 0.6 is 0 Å². The molecular formula is C85H90F2N2O4S2. The van der Waals surface area contributed by atoms with Gasteiger partial charge < -0.3 is 9.13 Å². The third kappa shape index (κ3) is 13.6. The van der Waals surface area contributed by atoms with E-state index in [1.165, 1.54) is 101 Å². The van der Waals surface area contributed by atoms with Gasteiger partial charge in [0.1, 0.15) is 11.6 Å². The molecule has 2 heterocycles. The number of fused-ring (bicyclic) bond motifs is 9. The van der Waals surface area contributed by atoms with Crippen molar-refractivity contribution in [2.75, 3.05) is 0 Å². The second-order valence-electron chi connectivity index (χ2n) is 31.9. The Balaban J connectivity index is 0.000000195. The molecule has 2 aromatic heterocycles. The molecule has 1 aliphatic rings. The summed E-state index contributed by atoms with van der Waals surface area (Å²) in [7, 11) is -7.49. The third-order valence-electron chi connectivity index (χ3n) is 18.7. The first-order chi connectivity index (χ1) is 44.2. The monoisotopic (exact) mass is 1300 g/mol. The topological polar surface area (TPSA) is 78.1 Å². The van der Waals surface area contributed by atoms with Gasteiger partial charge in [-0.15, -0.1) is 0 Å². The highest BCUT2D eigenvalue weighted by molar-refractivity contribution is 7.91. The summed E-state index contributed by atoms with van der Waals surface area (Å²) in [6.07, 6.45) is 1.08. The highest BCUT2D eigenvalue weighted by Crippen LogP contribution is 2.43. The molecule has 0 fully saturated rings. The fraction of sp³-hybridized carbons (Fsp3) is 0.294. The van der Waals surface area contributed by atoms with Crippen LogP contribution in [0.3, 0.4) is 0 Å². The van der Waals surface area contributed by atoms with Crippen molar-refractivity contribution in [1.82, 2.24) is 9.13 Å². The maximum absolute atomic E-state index is 14.2. The van der Waals surface area contributed by atoms with Crippen LogP contribution in [0.4, 0.5) is 8.78 Å². The molecule has 490 valence electrons. The molecule has 0 saturated carbocycles. The summed E-state index contributed by atoms with van der Waals surface area (Å²) in [5.74, 6) is -1.02. The Hall–Kier alpha value is -8.44. The number of hydrogen-bond acceptors (Lipinski definition) is 4. The third-order valence-corrected chi connectivity index (χ3v) is 22.2. The van der Waals surface area contributed by atoms with Gasteiger partial charge in [-0.05, 0) is 240 Å². The minimum atomic E-state index is -3.79. The van der Waals surface area contributed by atoms with Crippen LogP contribution in [-0.2, 0) is 58.6 Å². The van der Waals surface area contributed by atoms with Gasteiger partial charge in [0.2, 0.25) is 19.7 Å². The normalized spacial score (nSPS) is 13.2. The first kappa shape index (κ1) is 68.0. The van der Waals surface area contributed by atoms with Gasteiger partial charge in [-0.3, -0.25) is 0 Å². The van der Waals surface area contributed by atoms with Gasteiger partial charge in [-0.25, -0.2) is 25.6 Å². The van der Waals surface area contributed by atoms with Crippen LogP contribution in [0.1, 0.15) is 169 Å². The molecule has 0 aliphatic heterocycles. The minimum Gasteiger partial charge on any atom is -0.309 e. The predicted molar refractivity (Wildman–Crippen MR) is 392 cm³/mol. The van der Waals surface area contributed by atoms with Crippen molar-refractivity contribution < 1.29 is 25.6 Å². The van der Waals surface area contributed by atoms with Crippen molar-refractivity contribution in [2.45, 2.75) is 183 Å². The number of sulfone groups is 2. The lowest BCUT2D eigenvalue weighted by molar-refractivity contribution is 0.589. The average molecular weight is 1310 g/mol. The highest BCUT2D eigenvalue weighted by atomic mass is 32.2. The van der Waals surface area contributed by atoms with E-state index in [0.29, 0.717) is 0 Å². The van der Waals surface area contributed by atoms with E-state index in [4.69, 9.17) is 0 Å². The number of halogens is 2. The standard InChI is InChI=1S/C52H56N2O2S.C21H26.C12H8F2O2S/c1-49(2,3)33-13-25-45-41(29-33)42-30-34(50(4,5)6)14-26-46(42)53(45)37-17-21-39(22-18-37)57(55,56)40-23-19-38(20-24-40)54-47-27-15-35(51(7,8)9)31-43(47)44-32-36(52(10,11)12)16-28-48(44)54;1-20(2,3)16-9-7-14-11-15-8-10-17(21(4,5)6)13-19(15)18(14)12-16;13-9-1-5-11(6-2-9)17(15,16)12-7-3-10(14)4-8-12/h13-32H,1-12H3;7-10,12-13H,11H2,1-6H3;1-8H. The Kier molecular flexibility index (Phi) is 17.4. The number of hydrogen-bond donors (Lipinski definition) is 0. The van der Waals surface area contributed by atoms with Gasteiger partial charge >= 0.3 is 0 Å². The molecule has 13 rings (SSSR count). The number of aromatic nitrogens is 2. The lowest BCUT2D eigenvalue weighted by Gasteiger charge is -2.21. The molecule has 95 heavy (non-hydrogen) atoms. The predicted octanol–water partition coefficient (Wildman–Crippen LogP) is 22.6. The average Bonchev–Trinajstić information content (AvgIpc) is 1.60. The molecule has 0 spiro atoms. The molecule has 10 heteroatoms. The van der Waals surface area contributed by atoms with E-state index < -0.39 is 31.3 Å². The first-order valence-corrected chi connectivity index (χ1v) is 35.8. The van der Waals surface area contributed by atoms with Crippen LogP contribution in [0.5, 0.6) is 0 Å². The van der Waals surface area contributed by atoms with E-state index in [0.717, 1.165) is 64.1 Å². The molecule has 6 nitrogen and oxygen atoms in total. The van der Waals surface area contributed by atoms with E-state index in [2.05, 4.69) is 243 Å². The molecular weight excluding hydrogens is 1220 g/mol. The van der Waals surface area contributed by atoms with E-state index in [1.54, 1.807) is 24.3 Å². The molecule has 0 saturated heterocycles. The molecule has 0 bridgehead atoms. The van der Waals surface area contributed by atoms with Crippen molar-refractivity contribution in [3.8, 4) is 22.5 Å². The summed E-state index contributed by atoms with van der Waals surface area (Å²) in [6, 6.07) is 64.8. The molecule has 1 aliphatic carbocycles. The zero-order valence-corrected chi connectivity index (χ0v) is 60.1. The summed E-state index contributed by atoms with van der Waals surface area (Å²) in [4.78, 5) is 0.494. The maximum Gasteiger partial charge on any atom is 0.206 e. The Morgan fingerprint density at radius 3 is 0.716 bits per heavy atom. The molecule has 10 aromatic carbocycles.